The molecule has 0 unspecified atom stereocenters. The minimum atomic E-state index is -1.22. The average molecular weight is 271 g/mol. The fourth-order valence-corrected chi connectivity index (χ4v) is 1.56. The average Bonchev–Trinajstić information content (AvgIpc) is 2.35. The van der Waals surface area contributed by atoms with Gasteiger partial charge in [-0.2, -0.15) is 0 Å². The minimum absolute atomic E-state index is 0.0807. The van der Waals surface area contributed by atoms with Gasteiger partial charge in [-0.1, -0.05) is 13.3 Å². The fourth-order valence-electron chi connectivity index (χ4n) is 1.56. The molecular formula is C10H13N3O6. The number of carbonyl (C=O) groups excluding carboxylic acids is 1. The van der Waals surface area contributed by atoms with Crippen molar-refractivity contribution in [3.63, 3.8) is 0 Å². The molecule has 0 spiro atoms. The highest BCUT2D eigenvalue weighted by molar-refractivity contribution is 5.91. The lowest BCUT2D eigenvalue weighted by Gasteiger charge is -2.09. The summed E-state index contributed by atoms with van der Waals surface area (Å²) >= 11 is 0. The number of aromatic nitrogens is 2. The van der Waals surface area contributed by atoms with Crippen molar-refractivity contribution in [2.24, 2.45) is 0 Å². The van der Waals surface area contributed by atoms with Gasteiger partial charge in [0.25, 0.3) is 0 Å². The lowest BCUT2D eigenvalue weighted by atomic mass is 10.3. The Kier molecular flexibility index (Phi) is 4.56. The molecule has 0 aliphatic heterocycles. The van der Waals surface area contributed by atoms with Crippen molar-refractivity contribution >= 4 is 11.7 Å². The van der Waals surface area contributed by atoms with Crippen LogP contribution >= 0.6 is 0 Å². The predicted molar refractivity (Wildman–Crippen MR) is 64.2 cm³/mol. The third-order valence-electron chi connectivity index (χ3n) is 2.47. The van der Waals surface area contributed by atoms with Gasteiger partial charge in [-0.3, -0.25) is 24.5 Å². The zero-order chi connectivity index (χ0) is 14.6. The van der Waals surface area contributed by atoms with Gasteiger partial charge in [0.15, 0.2) is 0 Å². The number of nitrogens with zero attached hydrogens (tertiary/aromatic N) is 2. The molecule has 0 amide bonds. The number of methoxy groups -OCH3 is 1. The molecule has 0 fully saturated rings. The first kappa shape index (κ1) is 14.6. The molecule has 104 valence electrons. The van der Waals surface area contributed by atoms with Crippen LogP contribution in [0.2, 0.25) is 0 Å². The molecular weight excluding hydrogens is 258 g/mol. The Morgan fingerprint density at radius 3 is 2.58 bits per heavy atom. The van der Waals surface area contributed by atoms with Gasteiger partial charge in [-0.15, -0.1) is 0 Å². The van der Waals surface area contributed by atoms with Crippen molar-refractivity contribution in [3.8, 4) is 0 Å². The van der Waals surface area contributed by atoms with E-state index < -0.39 is 33.5 Å². The number of ether oxygens (including phenoxy) is 1. The Morgan fingerprint density at radius 1 is 1.47 bits per heavy atom. The molecule has 0 saturated carbocycles. The van der Waals surface area contributed by atoms with Crippen LogP contribution in [0.4, 0.5) is 5.69 Å². The summed E-state index contributed by atoms with van der Waals surface area (Å²) < 4.78 is 5.26. The van der Waals surface area contributed by atoms with Crippen LogP contribution in [0.15, 0.2) is 9.59 Å². The van der Waals surface area contributed by atoms with Gasteiger partial charge in [0, 0.05) is 6.54 Å². The molecule has 19 heavy (non-hydrogen) atoms. The fraction of sp³-hybridized carbons (Fsp3) is 0.500. The zero-order valence-electron chi connectivity index (χ0n) is 10.5. The van der Waals surface area contributed by atoms with Crippen LogP contribution in [0.5, 0.6) is 0 Å². The first-order valence-electron chi connectivity index (χ1n) is 5.53. The Morgan fingerprint density at radius 2 is 2.11 bits per heavy atom. The summed E-state index contributed by atoms with van der Waals surface area (Å²) in [5.41, 5.74) is -3.70. The van der Waals surface area contributed by atoms with Crippen LogP contribution in [0, 0.1) is 10.1 Å². The summed E-state index contributed by atoms with van der Waals surface area (Å²) in [6, 6.07) is 0. The molecule has 1 aromatic heterocycles. The van der Waals surface area contributed by atoms with Gasteiger partial charge in [0.2, 0.25) is 5.69 Å². The summed E-state index contributed by atoms with van der Waals surface area (Å²) in [5, 5.41) is 10.9. The van der Waals surface area contributed by atoms with Crippen molar-refractivity contribution in [2.45, 2.75) is 26.3 Å². The normalized spacial score (nSPS) is 10.2. The summed E-state index contributed by atoms with van der Waals surface area (Å²) in [5.74, 6) is -1.09. The van der Waals surface area contributed by atoms with Gasteiger partial charge in [-0.25, -0.2) is 9.59 Å². The number of aromatic amines is 1. The molecule has 0 saturated heterocycles. The standard InChI is InChI=1S/C10H13N3O6/c1-3-4-5-12-7(9(15)19-2)6(13(17)18)8(14)11-10(12)16/h3-5H2,1-2H3,(H,11,14,16). The molecule has 0 aromatic carbocycles. The summed E-state index contributed by atoms with van der Waals surface area (Å²) in [6.07, 6.45) is 1.23. The number of hydrogen-bond acceptors (Lipinski definition) is 6. The maximum absolute atomic E-state index is 11.6. The van der Waals surface area contributed by atoms with Gasteiger partial charge in [0.05, 0.1) is 12.0 Å². The van der Waals surface area contributed by atoms with E-state index in [4.69, 9.17) is 0 Å². The molecule has 0 aliphatic rings. The highest BCUT2D eigenvalue weighted by Crippen LogP contribution is 2.12. The van der Waals surface area contributed by atoms with E-state index >= 15 is 0 Å². The number of hydrogen-bond donors (Lipinski definition) is 1. The Bertz CT molecular complexity index is 615. The zero-order valence-corrected chi connectivity index (χ0v) is 10.5. The van der Waals surface area contributed by atoms with Crippen LogP contribution in [0.1, 0.15) is 30.3 Å². The number of nitrogens with one attached hydrogen (secondary N) is 1. The maximum atomic E-state index is 11.6. The predicted octanol–water partition coefficient (Wildman–Crippen LogP) is 0.0315. The smallest absolute Gasteiger partial charge is 0.365 e. The second-order valence-electron chi connectivity index (χ2n) is 3.71. The van der Waals surface area contributed by atoms with Crippen LogP contribution < -0.4 is 11.2 Å². The Labute approximate surface area is 107 Å². The van der Waals surface area contributed by atoms with E-state index in [1.807, 2.05) is 11.9 Å². The van der Waals surface area contributed by atoms with E-state index in [0.717, 1.165) is 11.7 Å². The Hall–Kier alpha value is -2.45. The highest BCUT2D eigenvalue weighted by atomic mass is 16.6. The summed E-state index contributed by atoms with van der Waals surface area (Å²) in [4.78, 5) is 46.3. The molecule has 9 heteroatoms. The number of carbonyl (C=O) groups is 1. The van der Waals surface area contributed by atoms with E-state index in [9.17, 15) is 24.5 Å². The number of esters is 1. The largest absolute Gasteiger partial charge is 0.464 e. The maximum Gasteiger partial charge on any atom is 0.365 e. The van der Waals surface area contributed by atoms with E-state index in [1.54, 1.807) is 0 Å². The molecule has 0 atom stereocenters. The molecule has 0 radical (unpaired) electrons. The van der Waals surface area contributed by atoms with Gasteiger partial charge < -0.3 is 4.74 Å². The molecule has 1 heterocycles. The van der Waals surface area contributed by atoms with Crippen LogP contribution in [0.25, 0.3) is 0 Å². The lowest BCUT2D eigenvalue weighted by molar-refractivity contribution is -0.387. The summed E-state index contributed by atoms with van der Waals surface area (Å²) in [6.45, 7) is 1.93. The highest BCUT2D eigenvalue weighted by Gasteiger charge is 2.30. The van der Waals surface area contributed by atoms with Crippen molar-refractivity contribution < 1.29 is 14.5 Å². The molecule has 0 bridgehead atoms. The monoisotopic (exact) mass is 271 g/mol. The second kappa shape index (κ2) is 5.94. The van der Waals surface area contributed by atoms with E-state index in [0.29, 0.717) is 12.8 Å². The molecule has 1 rings (SSSR count). The van der Waals surface area contributed by atoms with Crippen molar-refractivity contribution in [3.05, 3.63) is 36.6 Å². The minimum Gasteiger partial charge on any atom is -0.464 e. The summed E-state index contributed by atoms with van der Waals surface area (Å²) in [7, 11) is 1.02. The number of unbranched alkanes of at least 4 members (excludes halogenated alkanes) is 1. The number of nitro groups is 1. The molecule has 1 N–H and O–H groups in total. The SMILES string of the molecule is CCCCn1c(C(=O)OC)c([N+](=O)[O-])c(=O)[nH]c1=O. The molecule has 0 aliphatic carbocycles. The van der Waals surface area contributed by atoms with Crippen molar-refractivity contribution in [1.29, 1.82) is 0 Å². The Balaban J connectivity index is 3.65. The first-order chi connectivity index (χ1) is 8.93. The van der Waals surface area contributed by atoms with Crippen LogP contribution in [-0.2, 0) is 11.3 Å². The van der Waals surface area contributed by atoms with E-state index in [-0.39, 0.29) is 6.54 Å². The second-order valence-corrected chi connectivity index (χ2v) is 3.71. The quantitative estimate of drug-likeness (QED) is 0.457. The van der Waals surface area contributed by atoms with Gasteiger partial charge in [-0.05, 0) is 6.42 Å². The van der Waals surface area contributed by atoms with Gasteiger partial charge in [0.1, 0.15) is 0 Å². The number of H-pyrrole nitrogens is 1. The first-order valence-corrected chi connectivity index (χ1v) is 5.53. The third kappa shape index (κ3) is 2.87. The van der Waals surface area contributed by atoms with Crippen LogP contribution in [0.3, 0.4) is 0 Å². The third-order valence-corrected chi connectivity index (χ3v) is 2.47. The van der Waals surface area contributed by atoms with Crippen molar-refractivity contribution in [1.82, 2.24) is 9.55 Å². The van der Waals surface area contributed by atoms with Crippen molar-refractivity contribution in [2.75, 3.05) is 7.11 Å². The van der Waals surface area contributed by atoms with Crippen LogP contribution in [-0.4, -0.2) is 27.6 Å². The van der Waals surface area contributed by atoms with E-state index in [1.165, 1.54) is 0 Å². The lowest BCUT2D eigenvalue weighted by Crippen LogP contribution is -2.36. The van der Waals surface area contributed by atoms with E-state index in [2.05, 4.69) is 4.74 Å². The molecule has 9 nitrogen and oxygen atoms in total. The number of rotatable bonds is 5. The topological polar surface area (TPSA) is 124 Å². The van der Waals surface area contributed by atoms with Gasteiger partial charge >= 0.3 is 22.9 Å². The molecule has 1 aromatic rings.